The van der Waals surface area contributed by atoms with Gasteiger partial charge in [0.05, 0.1) is 0 Å². The van der Waals surface area contributed by atoms with E-state index in [1.54, 1.807) is 4.90 Å². The van der Waals surface area contributed by atoms with Crippen LogP contribution in [0.15, 0.2) is 54.6 Å². The molecule has 1 aliphatic heterocycles. The monoisotopic (exact) mass is 352 g/mol. The van der Waals surface area contributed by atoms with Crippen LogP contribution < -0.4 is 10.1 Å². The van der Waals surface area contributed by atoms with Gasteiger partial charge in [0.15, 0.2) is 6.61 Å². The van der Waals surface area contributed by atoms with Crippen molar-refractivity contribution in [2.75, 3.05) is 19.7 Å². The van der Waals surface area contributed by atoms with E-state index in [0.29, 0.717) is 24.4 Å². The van der Waals surface area contributed by atoms with Crippen LogP contribution in [0.4, 0.5) is 0 Å². The summed E-state index contributed by atoms with van der Waals surface area (Å²) in [6.07, 6.45) is 1.52. The van der Waals surface area contributed by atoms with Crippen molar-refractivity contribution in [1.29, 1.82) is 0 Å². The number of hydrogen-bond acceptors (Lipinski definition) is 3. The van der Waals surface area contributed by atoms with E-state index in [0.717, 1.165) is 18.4 Å². The van der Waals surface area contributed by atoms with Crippen molar-refractivity contribution in [3.05, 3.63) is 65.7 Å². The molecule has 5 heteroatoms. The Morgan fingerprint density at radius 1 is 1.04 bits per heavy atom. The van der Waals surface area contributed by atoms with Crippen molar-refractivity contribution < 1.29 is 14.3 Å². The molecule has 0 bridgehead atoms. The second-order valence-electron chi connectivity index (χ2n) is 6.60. The Morgan fingerprint density at radius 3 is 2.35 bits per heavy atom. The van der Waals surface area contributed by atoms with Crippen molar-refractivity contribution >= 4 is 11.8 Å². The van der Waals surface area contributed by atoms with Gasteiger partial charge >= 0.3 is 0 Å². The highest BCUT2D eigenvalue weighted by molar-refractivity contribution is 5.94. The van der Waals surface area contributed by atoms with Crippen LogP contribution in [0.2, 0.25) is 0 Å². The van der Waals surface area contributed by atoms with Crippen LogP contribution in [0.3, 0.4) is 0 Å². The number of aryl methyl sites for hydroxylation is 1. The summed E-state index contributed by atoms with van der Waals surface area (Å²) in [5.41, 5.74) is 1.80. The molecule has 0 saturated carbocycles. The zero-order chi connectivity index (χ0) is 18.4. The van der Waals surface area contributed by atoms with Crippen molar-refractivity contribution in [2.45, 2.75) is 25.8 Å². The van der Waals surface area contributed by atoms with Gasteiger partial charge in [0.25, 0.3) is 11.8 Å². The molecule has 1 saturated heterocycles. The van der Waals surface area contributed by atoms with E-state index in [1.165, 1.54) is 0 Å². The van der Waals surface area contributed by atoms with Gasteiger partial charge in [-0.25, -0.2) is 0 Å². The Kier molecular flexibility index (Phi) is 5.89. The van der Waals surface area contributed by atoms with Crippen molar-refractivity contribution in [2.24, 2.45) is 0 Å². The van der Waals surface area contributed by atoms with Crippen molar-refractivity contribution in [1.82, 2.24) is 10.2 Å². The molecular weight excluding hydrogens is 328 g/mol. The Labute approximate surface area is 154 Å². The molecule has 1 fully saturated rings. The number of hydrogen-bond donors (Lipinski definition) is 1. The number of piperidine rings is 1. The van der Waals surface area contributed by atoms with E-state index in [9.17, 15) is 9.59 Å². The van der Waals surface area contributed by atoms with Crippen LogP contribution >= 0.6 is 0 Å². The van der Waals surface area contributed by atoms with Gasteiger partial charge in [0.1, 0.15) is 5.75 Å². The van der Waals surface area contributed by atoms with E-state index in [4.69, 9.17) is 4.74 Å². The fraction of sp³-hybridized carbons (Fsp3) is 0.333. The highest BCUT2D eigenvalue weighted by Crippen LogP contribution is 2.13. The van der Waals surface area contributed by atoms with Gasteiger partial charge in [-0.1, -0.05) is 35.9 Å². The molecule has 0 unspecified atom stereocenters. The van der Waals surface area contributed by atoms with E-state index in [-0.39, 0.29) is 24.5 Å². The van der Waals surface area contributed by atoms with E-state index in [2.05, 4.69) is 5.32 Å². The molecule has 0 spiro atoms. The Bertz CT molecular complexity index is 736. The normalized spacial score (nSPS) is 14.7. The first kappa shape index (κ1) is 18.0. The summed E-state index contributed by atoms with van der Waals surface area (Å²) in [4.78, 5) is 26.4. The Hall–Kier alpha value is -2.82. The molecule has 0 radical (unpaired) electrons. The third kappa shape index (κ3) is 4.85. The third-order valence-electron chi connectivity index (χ3n) is 4.60. The number of benzene rings is 2. The van der Waals surface area contributed by atoms with Crippen LogP contribution in [-0.2, 0) is 4.79 Å². The molecule has 0 aromatic heterocycles. The lowest BCUT2D eigenvalue weighted by Gasteiger charge is -2.32. The largest absolute Gasteiger partial charge is 0.484 e. The van der Waals surface area contributed by atoms with Gasteiger partial charge in [0, 0.05) is 24.7 Å². The molecule has 26 heavy (non-hydrogen) atoms. The fourth-order valence-electron chi connectivity index (χ4n) is 3.00. The number of nitrogens with one attached hydrogen (secondary N) is 1. The quantitative estimate of drug-likeness (QED) is 0.900. The maximum Gasteiger partial charge on any atom is 0.260 e. The zero-order valence-corrected chi connectivity index (χ0v) is 15.0. The summed E-state index contributed by atoms with van der Waals surface area (Å²) in [7, 11) is 0. The maximum absolute atomic E-state index is 12.3. The van der Waals surface area contributed by atoms with Crippen LogP contribution in [0.1, 0.15) is 28.8 Å². The van der Waals surface area contributed by atoms with Crippen LogP contribution in [0.5, 0.6) is 5.75 Å². The SMILES string of the molecule is Cc1ccc(C(=O)NC2CCN(C(=O)COc3ccccc3)CC2)cc1. The zero-order valence-electron chi connectivity index (χ0n) is 15.0. The molecule has 2 aromatic carbocycles. The third-order valence-corrected chi connectivity index (χ3v) is 4.60. The summed E-state index contributed by atoms with van der Waals surface area (Å²) in [5.74, 6) is 0.625. The minimum Gasteiger partial charge on any atom is -0.484 e. The van der Waals surface area contributed by atoms with Crippen LogP contribution in [0.25, 0.3) is 0 Å². The highest BCUT2D eigenvalue weighted by atomic mass is 16.5. The topological polar surface area (TPSA) is 58.6 Å². The average molecular weight is 352 g/mol. The van der Waals surface area contributed by atoms with Gasteiger partial charge < -0.3 is 15.0 Å². The molecule has 0 atom stereocenters. The Balaban J connectivity index is 1.42. The second-order valence-corrected chi connectivity index (χ2v) is 6.60. The van der Waals surface area contributed by atoms with Crippen LogP contribution in [0, 0.1) is 6.92 Å². The Morgan fingerprint density at radius 2 is 1.69 bits per heavy atom. The molecule has 0 aliphatic carbocycles. The standard InChI is InChI=1S/C21H24N2O3/c1-16-7-9-17(10-8-16)21(25)22-18-11-13-23(14-12-18)20(24)15-26-19-5-3-2-4-6-19/h2-10,18H,11-15H2,1H3,(H,22,25). The number of likely N-dealkylation sites (tertiary alicyclic amines) is 1. The first-order valence-electron chi connectivity index (χ1n) is 8.95. The molecule has 1 aliphatic rings. The van der Waals surface area contributed by atoms with Gasteiger partial charge in [-0.3, -0.25) is 9.59 Å². The van der Waals surface area contributed by atoms with Crippen LogP contribution in [-0.4, -0.2) is 42.5 Å². The number of amides is 2. The van der Waals surface area contributed by atoms with E-state index >= 15 is 0 Å². The number of carbonyl (C=O) groups excluding carboxylic acids is 2. The molecule has 2 aromatic rings. The molecule has 1 N–H and O–H groups in total. The molecule has 5 nitrogen and oxygen atoms in total. The summed E-state index contributed by atoms with van der Waals surface area (Å²) in [6, 6.07) is 17.0. The summed E-state index contributed by atoms with van der Waals surface area (Å²) in [5, 5.41) is 3.06. The first-order chi connectivity index (χ1) is 12.6. The minimum atomic E-state index is -0.0535. The van der Waals surface area contributed by atoms with Crippen molar-refractivity contribution in [3.63, 3.8) is 0 Å². The number of carbonyl (C=O) groups is 2. The minimum absolute atomic E-state index is 0.0165. The molecule has 2 amide bonds. The smallest absolute Gasteiger partial charge is 0.260 e. The lowest BCUT2D eigenvalue weighted by Crippen LogP contribution is -2.47. The van der Waals surface area contributed by atoms with Gasteiger partial charge in [-0.2, -0.15) is 0 Å². The first-order valence-corrected chi connectivity index (χ1v) is 8.95. The molecule has 136 valence electrons. The van der Waals surface area contributed by atoms with Gasteiger partial charge in [0.2, 0.25) is 0 Å². The molecule has 1 heterocycles. The highest BCUT2D eigenvalue weighted by Gasteiger charge is 2.24. The van der Waals surface area contributed by atoms with Crippen molar-refractivity contribution in [3.8, 4) is 5.75 Å². The predicted molar refractivity (Wildman–Crippen MR) is 100 cm³/mol. The van der Waals surface area contributed by atoms with Gasteiger partial charge in [-0.05, 0) is 44.0 Å². The fourth-order valence-corrected chi connectivity index (χ4v) is 3.00. The number of para-hydroxylation sites is 1. The summed E-state index contributed by atoms with van der Waals surface area (Å²) >= 11 is 0. The lowest BCUT2D eigenvalue weighted by molar-refractivity contribution is -0.134. The predicted octanol–water partition coefficient (Wildman–Crippen LogP) is 2.79. The average Bonchev–Trinajstić information content (AvgIpc) is 2.68. The number of rotatable bonds is 5. The van der Waals surface area contributed by atoms with E-state index in [1.807, 2.05) is 61.5 Å². The van der Waals surface area contributed by atoms with E-state index < -0.39 is 0 Å². The number of ether oxygens (including phenoxy) is 1. The van der Waals surface area contributed by atoms with Gasteiger partial charge in [-0.15, -0.1) is 0 Å². The lowest BCUT2D eigenvalue weighted by atomic mass is 10.0. The summed E-state index contributed by atoms with van der Waals surface area (Å²) in [6.45, 7) is 3.31. The number of nitrogens with zero attached hydrogens (tertiary/aromatic N) is 1. The maximum atomic E-state index is 12.3. The second kappa shape index (κ2) is 8.52. The molecular formula is C21H24N2O3. The summed E-state index contributed by atoms with van der Waals surface area (Å²) < 4.78 is 5.52. The molecule has 3 rings (SSSR count).